The number of carbonyl (C=O) groups excluding carboxylic acids is 2. The standard InChI is InChI=1S/C20H19N3O5S/c1-27-14-9-7-13(8-10-14)21-17(24)12-29-20-22-16-6-4-3-5-15(16)19(26)23(20)11-18(25)28-2/h3-10H,11-12H2,1-2H3,(H,21,24). The second-order valence-corrected chi connectivity index (χ2v) is 6.89. The van der Waals surface area contributed by atoms with Crippen LogP contribution in [0.15, 0.2) is 58.5 Å². The van der Waals surface area contributed by atoms with Gasteiger partial charge in [0.25, 0.3) is 5.56 Å². The summed E-state index contributed by atoms with van der Waals surface area (Å²) in [5.74, 6) is -0.150. The van der Waals surface area contributed by atoms with Crippen molar-refractivity contribution in [2.45, 2.75) is 11.7 Å². The maximum atomic E-state index is 12.8. The number of aromatic nitrogens is 2. The number of methoxy groups -OCH3 is 2. The van der Waals surface area contributed by atoms with Gasteiger partial charge in [-0.05, 0) is 36.4 Å². The van der Waals surface area contributed by atoms with Crippen LogP contribution in [0, 0.1) is 0 Å². The molecule has 3 aromatic rings. The molecule has 0 radical (unpaired) electrons. The third-order valence-corrected chi connectivity index (χ3v) is 5.02. The number of hydrogen-bond acceptors (Lipinski definition) is 7. The Bertz CT molecular complexity index is 1100. The number of ether oxygens (including phenoxy) is 2. The van der Waals surface area contributed by atoms with Gasteiger partial charge in [0.05, 0.1) is 30.9 Å². The fourth-order valence-corrected chi connectivity index (χ4v) is 3.39. The summed E-state index contributed by atoms with van der Waals surface area (Å²) < 4.78 is 11.0. The quantitative estimate of drug-likeness (QED) is 0.360. The Balaban J connectivity index is 1.80. The lowest BCUT2D eigenvalue weighted by Crippen LogP contribution is -2.28. The number of para-hydroxylation sites is 1. The van der Waals surface area contributed by atoms with Gasteiger partial charge in [0.1, 0.15) is 12.3 Å². The van der Waals surface area contributed by atoms with Gasteiger partial charge in [-0.2, -0.15) is 0 Å². The first-order valence-electron chi connectivity index (χ1n) is 8.65. The van der Waals surface area contributed by atoms with E-state index in [-0.39, 0.29) is 28.9 Å². The monoisotopic (exact) mass is 413 g/mol. The fourth-order valence-electron chi connectivity index (χ4n) is 2.59. The lowest BCUT2D eigenvalue weighted by atomic mass is 10.2. The zero-order chi connectivity index (χ0) is 20.8. The van der Waals surface area contributed by atoms with E-state index in [9.17, 15) is 14.4 Å². The van der Waals surface area contributed by atoms with Crippen LogP contribution >= 0.6 is 11.8 Å². The van der Waals surface area contributed by atoms with Gasteiger partial charge >= 0.3 is 5.97 Å². The number of hydrogen-bond donors (Lipinski definition) is 1. The van der Waals surface area contributed by atoms with Crippen molar-refractivity contribution < 1.29 is 19.1 Å². The van der Waals surface area contributed by atoms with Gasteiger partial charge < -0.3 is 14.8 Å². The van der Waals surface area contributed by atoms with E-state index >= 15 is 0 Å². The molecule has 0 bridgehead atoms. The maximum absolute atomic E-state index is 12.8. The summed E-state index contributed by atoms with van der Waals surface area (Å²) in [6, 6.07) is 13.8. The van der Waals surface area contributed by atoms with Crippen molar-refractivity contribution in [2.24, 2.45) is 0 Å². The Morgan fingerprint density at radius 1 is 1.10 bits per heavy atom. The Labute approximate surface area is 170 Å². The third-order valence-electron chi connectivity index (χ3n) is 4.05. The maximum Gasteiger partial charge on any atom is 0.325 e. The molecule has 2 aromatic carbocycles. The molecule has 0 spiro atoms. The van der Waals surface area contributed by atoms with E-state index in [1.54, 1.807) is 55.6 Å². The number of nitrogens with zero attached hydrogens (tertiary/aromatic N) is 2. The normalized spacial score (nSPS) is 10.6. The number of anilines is 1. The van der Waals surface area contributed by atoms with Crippen molar-refractivity contribution >= 4 is 40.2 Å². The topological polar surface area (TPSA) is 99.5 Å². The van der Waals surface area contributed by atoms with Crippen LogP contribution in [-0.4, -0.2) is 41.4 Å². The number of rotatable bonds is 7. The van der Waals surface area contributed by atoms with Gasteiger partial charge in [-0.1, -0.05) is 23.9 Å². The average Bonchev–Trinajstić information content (AvgIpc) is 2.75. The van der Waals surface area contributed by atoms with Crippen LogP contribution in [0.4, 0.5) is 5.69 Å². The largest absolute Gasteiger partial charge is 0.497 e. The molecule has 0 aliphatic rings. The fraction of sp³-hybridized carbons (Fsp3) is 0.200. The molecule has 3 rings (SSSR count). The van der Waals surface area contributed by atoms with E-state index in [1.807, 2.05) is 0 Å². The van der Waals surface area contributed by atoms with E-state index in [0.29, 0.717) is 22.3 Å². The molecule has 0 saturated heterocycles. The number of esters is 1. The van der Waals surface area contributed by atoms with Crippen molar-refractivity contribution in [1.82, 2.24) is 9.55 Å². The Morgan fingerprint density at radius 3 is 2.52 bits per heavy atom. The minimum atomic E-state index is -0.575. The summed E-state index contributed by atoms with van der Waals surface area (Å²) in [4.78, 5) is 41.3. The first kappa shape index (κ1) is 20.4. The molecule has 1 aromatic heterocycles. The smallest absolute Gasteiger partial charge is 0.325 e. The van der Waals surface area contributed by atoms with E-state index in [1.165, 1.54) is 11.7 Å². The average molecular weight is 413 g/mol. The lowest BCUT2D eigenvalue weighted by molar-refractivity contribution is -0.141. The van der Waals surface area contributed by atoms with Crippen LogP contribution in [0.3, 0.4) is 0 Å². The number of nitrogens with one attached hydrogen (secondary N) is 1. The summed E-state index contributed by atoms with van der Waals surface area (Å²) in [6.45, 7) is -0.282. The van der Waals surface area contributed by atoms with Gasteiger partial charge in [0, 0.05) is 5.69 Å². The predicted octanol–water partition coefficient (Wildman–Crippen LogP) is 2.31. The summed E-state index contributed by atoms with van der Waals surface area (Å²) in [6.07, 6.45) is 0. The number of thioether (sulfide) groups is 1. The van der Waals surface area contributed by atoms with Crippen molar-refractivity contribution in [3.05, 3.63) is 58.9 Å². The van der Waals surface area contributed by atoms with Gasteiger partial charge in [0.15, 0.2) is 5.16 Å². The Kier molecular flexibility index (Phi) is 6.50. The highest BCUT2D eigenvalue weighted by atomic mass is 32.2. The first-order chi connectivity index (χ1) is 14.0. The molecule has 29 heavy (non-hydrogen) atoms. The van der Waals surface area contributed by atoms with E-state index < -0.39 is 5.97 Å². The summed E-state index contributed by atoms with van der Waals surface area (Å²) >= 11 is 1.07. The molecule has 8 nitrogen and oxygen atoms in total. The van der Waals surface area contributed by atoms with Crippen LogP contribution in [-0.2, 0) is 20.9 Å². The van der Waals surface area contributed by atoms with Crippen LogP contribution < -0.4 is 15.6 Å². The van der Waals surface area contributed by atoms with E-state index in [2.05, 4.69) is 15.0 Å². The van der Waals surface area contributed by atoms with Gasteiger partial charge in [-0.3, -0.25) is 19.0 Å². The molecule has 150 valence electrons. The minimum absolute atomic E-state index is 0.0119. The van der Waals surface area contributed by atoms with Crippen molar-refractivity contribution in [2.75, 3.05) is 25.3 Å². The van der Waals surface area contributed by atoms with Gasteiger partial charge in [0.2, 0.25) is 5.91 Å². The van der Waals surface area contributed by atoms with Crippen LogP contribution in [0.1, 0.15) is 0 Å². The number of fused-ring (bicyclic) bond motifs is 1. The third kappa shape index (κ3) is 4.94. The Morgan fingerprint density at radius 2 is 1.83 bits per heavy atom. The van der Waals surface area contributed by atoms with E-state index in [0.717, 1.165) is 11.8 Å². The van der Waals surface area contributed by atoms with E-state index in [4.69, 9.17) is 4.74 Å². The Hall–Kier alpha value is -3.33. The molecule has 0 saturated carbocycles. The first-order valence-corrected chi connectivity index (χ1v) is 9.63. The highest BCUT2D eigenvalue weighted by Crippen LogP contribution is 2.19. The van der Waals surface area contributed by atoms with Crippen LogP contribution in [0.2, 0.25) is 0 Å². The van der Waals surface area contributed by atoms with Crippen LogP contribution in [0.5, 0.6) is 5.75 Å². The van der Waals surface area contributed by atoms with Gasteiger partial charge in [-0.25, -0.2) is 4.98 Å². The molecular formula is C20H19N3O5S. The molecule has 0 aliphatic heterocycles. The number of amides is 1. The lowest BCUT2D eigenvalue weighted by Gasteiger charge is -2.12. The zero-order valence-corrected chi connectivity index (χ0v) is 16.7. The highest BCUT2D eigenvalue weighted by molar-refractivity contribution is 7.99. The summed E-state index contributed by atoms with van der Waals surface area (Å²) in [5.41, 5.74) is 0.755. The molecule has 0 atom stereocenters. The number of carbonyl (C=O) groups is 2. The second kappa shape index (κ2) is 9.24. The molecular weight excluding hydrogens is 394 g/mol. The minimum Gasteiger partial charge on any atom is -0.497 e. The van der Waals surface area contributed by atoms with Crippen molar-refractivity contribution in [1.29, 1.82) is 0 Å². The van der Waals surface area contributed by atoms with Crippen LogP contribution in [0.25, 0.3) is 10.9 Å². The molecule has 0 unspecified atom stereocenters. The van der Waals surface area contributed by atoms with Gasteiger partial charge in [-0.15, -0.1) is 0 Å². The summed E-state index contributed by atoms with van der Waals surface area (Å²) in [5, 5.41) is 3.42. The molecule has 1 amide bonds. The molecule has 0 fully saturated rings. The molecule has 1 N–H and O–H groups in total. The van der Waals surface area contributed by atoms with Crippen molar-refractivity contribution in [3.63, 3.8) is 0 Å². The molecule has 0 aliphatic carbocycles. The summed E-state index contributed by atoms with van der Waals surface area (Å²) in [7, 11) is 2.81. The molecule has 9 heteroatoms. The second-order valence-electron chi connectivity index (χ2n) is 5.94. The molecule has 1 heterocycles. The predicted molar refractivity (Wildman–Crippen MR) is 110 cm³/mol. The highest BCUT2D eigenvalue weighted by Gasteiger charge is 2.16. The van der Waals surface area contributed by atoms with Crippen molar-refractivity contribution in [3.8, 4) is 5.75 Å². The number of benzene rings is 2. The zero-order valence-electron chi connectivity index (χ0n) is 15.9. The SMILES string of the molecule is COC(=O)Cn1c(SCC(=O)Nc2ccc(OC)cc2)nc2ccccc2c1=O.